The Hall–Kier alpha value is -3.56. The molecular weight excluding hydrogens is 366 g/mol. The van der Waals surface area contributed by atoms with Crippen molar-refractivity contribution < 1.29 is 32.8 Å². The van der Waals surface area contributed by atoms with Crippen LogP contribution in [0, 0.1) is 21.7 Å². The molecule has 1 unspecified atom stereocenters. The molecule has 3 rings (SSSR count). The van der Waals surface area contributed by atoms with Gasteiger partial charge in [0.05, 0.1) is 11.0 Å². The Balaban J connectivity index is 1.73. The Morgan fingerprint density at radius 2 is 1.85 bits per heavy atom. The maximum Gasteiger partial charge on any atom is 0.425 e. The molecule has 1 fully saturated rings. The van der Waals surface area contributed by atoms with Gasteiger partial charge in [0.25, 0.3) is 5.69 Å². The number of nitrogens with zero attached hydrogens (tertiary/aromatic N) is 2. The van der Waals surface area contributed by atoms with Gasteiger partial charge in [0, 0.05) is 18.2 Å². The van der Waals surface area contributed by atoms with Crippen LogP contribution in [0.1, 0.15) is 5.56 Å². The molecule has 0 spiro atoms. The van der Waals surface area contributed by atoms with E-state index in [4.69, 9.17) is 9.47 Å². The quantitative estimate of drug-likeness (QED) is 0.597. The minimum Gasteiger partial charge on any atom is -0.447 e. The zero-order valence-corrected chi connectivity index (χ0v) is 13.6. The second-order valence-electron chi connectivity index (χ2n) is 5.70. The lowest BCUT2D eigenvalue weighted by Crippen LogP contribution is -2.41. The molecule has 1 aliphatic heterocycles. The number of carbonyl (C=O) groups is 2. The zero-order valence-electron chi connectivity index (χ0n) is 13.6. The van der Waals surface area contributed by atoms with E-state index >= 15 is 0 Å². The highest BCUT2D eigenvalue weighted by atomic mass is 19.1. The number of non-ortho nitro benzene ring substituents is 1. The predicted octanol–water partition coefficient (Wildman–Crippen LogP) is 3.44. The van der Waals surface area contributed by atoms with Crippen LogP contribution in [-0.4, -0.2) is 34.7 Å². The van der Waals surface area contributed by atoms with Crippen LogP contribution in [0.15, 0.2) is 42.5 Å². The fourth-order valence-corrected chi connectivity index (χ4v) is 2.62. The fraction of sp³-hybridized carbons (Fsp3) is 0.176. The highest BCUT2D eigenvalue weighted by Crippen LogP contribution is 2.22. The molecule has 8 nitrogen and oxygen atoms in total. The van der Waals surface area contributed by atoms with Crippen molar-refractivity contribution in [3.05, 3.63) is 69.8 Å². The van der Waals surface area contributed by atoms with Crippen LogP contribution < -0.4 is 4.74 Å². The Kier molecular flexibility index (Phi) is 4.97. The SMILES string of the molecule is O=C1OCC(Cc2cc(F)cc(F)c2)N1C(=O)Oc1ccc([N+](=O)[O-])cc1. The highest BCUT2D eigenvalue weighted by Gasteiger charge is 2.39. The van der Waals surface area contributed by atoms with Gasteiger partial charge in [-0.25, -0.2) is 23.3 Å². The third-order valence-corrected chi connectivity index (χ3v) is 3.80. The van der Waals surface area contributed by atoms with E-state index in [0.29, 0.717) is 11.0 Å². The van der Waals surface area contributed by atoms with E-state index in [1.54, 1.807) is 0 Å². The summed E-state index contributed by atoms with van der Waals surface area (Å²) in [7, 11) is 0. The van der Waals surface area contributed by atoms with Gasteiger partial charge in [0.2, 0.25) is 0 Å². The smallest absolute Gasteiger partial charge is 0.425 e. The lowest BCUT2D eigenvalue weighted by atomic mass is 10.1. The summed E-state index contributed by atoms with van der Waals surface area (Å²) in [6, 6.07) is 6.75. The lowest BCUT2D eigenvalue weighted by Gasteiger charge is -2.19. The summed E-state index contributed by atoms with van der Waals surface area (Å²) in [6.45, 7) is -0.160. The Morgan fingerprint density at radius 3 is 2.44 bits per heavy atom. The molecule has 10 heteroatoms. The number of cyclic esters (lactones) is 1. The second kappa shape index (κ2) is 7.36. The number of amides is 2. The van der Waals surface area contributed by atoms with Gasteiger partial charge in [-0.05, 0) is 36.2 Å². The molecule has 1 heterocycles. The summed E-state index contributed by atoms with van der Waals surface area (Å²) in [5.74, 6) is -1.58. The standard InChI is InChI=1S/C17H12F2N2O6/c18-11-5-10(6-12(19)8-11)7-14-9-26-16(22)20(14)17(23)27-15-3-1-13(2-4-15)21(24)25/h1-6,8,14H,7,9H2. The molecule has 140 valence electrons. The van der Waals surface area contributed by atoms with E-state index in [0.717, 1.165) is 24.3 Å². The first-order chi connectivity index (χ1) is 12.8. The third kappa shape index (κ3) is 4.17. The van der Waals surface area contributed by atoms with Crippen LogP contribution in [0.5, 0.6) is 5.75 Å². The van der Waals surface area contributed by atoms with E-state index in [1.807, 2.05) is 0 Å². The van der Waals surface area contributed by atoms with E-state index in [2.05, 4.69) is 0 Å². The van der Waals surface area contributed by atoms with Gasteiger partial charge in [0.1, 0.15) is 24.0 Å². The highest BCUT2D eigenvalue weighted by molar-refractivity contribution is 5.90. The van der Waals surface area contributed by atoms with E-state index in [9.17, 15) is 28.5 Å². The number of rotatable bonds is 4. The van der Waals surface area contributed by atoms with Crippen molar-refractivity contribution in [1.29, 1.82) is 0 Å². The summed E-state index contributed by atoms with van der Waals surface area (Å²) in [5.41, 5.74) is 0.0466. The summed E-state index contributed by atoms with van der Waals surface area (Å²) in [6.07, 6.45) is -2.05. The first-order valence-corrected chi connectivity index (χ1v) is 7.70. The molecule has 0 aromatic heterocycles. The number of carbonyl (C=O) groups excluding carboxylic acids is 2. The van der Waals surface area contributed by atoms with Crippen LogP contribution in [-0.2, 0) is 11.2 Å². The van der Waals surface area contributed by atoms with Crippen molar-refractivity contribution in [2.45, 2.75) is 12.5 Å². The van der Waals surface area contributed by atoms with Crippen LogP contribution in [0.4, 0.5) is 24.1 Å². The molecule has 0 N–H and O–H groups in total. The van der Waals surface area contributed by atoms with Crippen molar-refractivity contribution >= 4 is 17.9 Å². The monoisotopic (exact) mass is 378 g/mol. The molecule has 1 aliphatic rings. The van der Waals surface area contributed by atoms with Gasteiger partial charge < -0.3 is 9.47 Å². The molecule has 2 aromatic rings. The lowest BCUT2D eigenvalue weighted by molar-refractivity contribution is -0.384. The normalized spacial score (nSPS) is 16.1. The summed E-state index contributed by atoms with van der Waals surface area (Å²) >= 11 is 0. The molecule has 0 radical (unpaired) electrons. The number of ether oxygens (including phenoxy) is 2. The van der Waals surface area contributed by atoms with E-state index in [1.165, 1.54) is 12.1 Å². The number of imide groups is 1. The largest absolute Gasteiger partial charge is 0.447 e. The first-order valence-electron chi connectivity index (χ1n) is 7.70. The minimum atomic E-state index is -1.06. The van der Waals surface area contributed by atoms with Crippen LogP contribution in [0.3, 0.4) is 0 Å². The molecule has 0 bridgehead atoms. The van der Waals surface area contributed by atoms with Gasteiger partial charge >= 0.3 is 12.2 Å². The van der Waals surface area contributed by atoms with Gasteiger partial charge in [-0.2, -0.15) is 0 Å². The maximum absolute atomic E-state index is 13.3. The Bertz CT molecular complexity index is 883. The summed E-state index contributed by atoms with van der Waals surface area (Å²) in [4.78, 5) is 34.9. The number of nitro benzene ring substituents is 1. The number of hydrogen-bond donors (Lipinski definition) is 0. The third-order valence-electron chi connectivity index (χ3n) is 3.80. The average molecular weight is 378 g/mol. The average Bonchev–Trinajstić information content (AvgIpc) is 2.94. The van der Waals surface area contributed by atoms with Gasteiger partial charge in [-0.3, -0.25) is 10.1 Å². The molecule has 0 aliphatic carbocycles. The van der Waals surface area contributed by atoms with Gasteiger partial charge in [-0.15, -0.1) is 0 Å². The second-order valence-corrected chi connectivity index (χ2v) is 5.70. The first kappa shape index (κ1) is 18.2. The molecule has 27 heavy (non-hydrogen) atoms. The molecule has 2 aromatic carbocycles. The Labute approximate surface area is 151 Å². The van der Waals surface area contributed by atoms with E-state index in [-0.39, 0.29) is 30.0 Å². The molecule has 1 saturated heterocycles. The van der Waals surface area contributed by atoms with Gasteiger partial charge in [-0.1, -0.05) is 0 Å². The fourth-order valence-electron chi connectivity index (χ4n) is 2.62. The predicted molar refractivity (Wildman–Crippen MR) is 86.2 cm³/mol. The number of hydrogen-bond acceptors (Lipinski definition) is 6. The van der Waals surface area contributed by atoms with Crippen molar-refractivity contribution in [3.8, 4) is 5.75 Å². The van der Waals surface area contributed by atoms with Crippen molar-refractivity contribution in [1.82, 2.24) is 4.90 Å². The minimum absolute atomic E-state index is 0.0131. The Morgan fingerprint density at radius 1 is 1.22 bits per heavy atom. The zero-order chi connectivity index (χ0) is 19.6. The number of nitro groups is 1. The summed E-state index contributed by atoms with van der Waals surface area (Å²) < 4.78 is 36.5. The summed E-state index contributed by atoms with van der Waals surface area (Å²) in [5, 5.41) is 10.6. The number of benzene rings is 2. The van der Waals surface area contributed by atoms with Crippen LogP contribution >= 0.6 is 0 Å². The van der Waals surface area contributed by atoms with Crippen LogP contribution in [0.25, 0.3) is 0 Å². The molecule has 0 saturated carbocycles. The number of halogens is 2. The van der Waals surface area contributed by atoms with E-state index < -0.39 is 34.8 Å². The topological polar surface area (TPSA) is 99.0 Å². The molecule has 2 amide bonds. The van der Waals surface area contributed by atoms with Gasteiger partial charge in [0.15, 0.2) is 0 Å². The van der Waals surface area contributed by atoms with Crippen molar-refractivity contribution in [2.75, 3.05) is 6.61 Å². The van der Waals surface area contributed by atoms with Crippen molar-refractivity contribution in [2.24, 2.45) is 0 Å². The molecule has 1 atom stereocenters. The van der Waals surface area contributed by atoms with Crippen LogP contribution in [0.2, 0.25) is 0 Å². The van der Waals surface area contributed by atoms with Crippen molar-refractivity contribution in [3.63, 3.8) is 0 Å². The molecular formula is C17H12F2N2O6. The maximum atomic E-state index is 13.3.